The van der Waals surface area contributed by atoms with Gasteiger partial charge in [0.25, 0.3) is 0 Å². The number of aryl methyl sites for hydroxylation is 2. The SMILES string of the molecule is Cc1ccccc1OCc1nc(CCCO)cs1. The van der Waals surface area contributed by atoms with Crippen LogP contribution in [0.2, 0.25) is 0 Å². The number of rotatable bonds is 6. The predicted octanol–water partition coefficient (Wildman–Crippen LogP) is 2.96. The summed E-state index contributed by atoms with van der Waals surface area (Å²) in [6.07, 6.45) is 1.60. The highest BCUT2D eigenvalue weighted by atomic mass is 32.1. The number of ether oxygens (including phenoxy) is 1. The number of para-hydroxylation sites is 1. The number of hydrogen-bond acceptors (Lipinski definition) is 4. The zero-order valence-electron chi connectivity index (χ0n) is 10.4. The lowest BCUT2D eigenvalue weighted by Gasteiger charge is -2.06. The summed E-state index contributed by atoms with van der Waals surface area (Å²) in [4.78, 5) is 4.47. The lowest BCUT2D eigenvalue weighted by Crippen LogP contribution is -1.97. The van der Waals surface area contributed by atoms with Crippen LogP contribution < -0.4 is 4.74 Å². The van der Waals surface area contributed by atoms with Crippen LogP contribution in [0.4, 0.5) is 0 Å². The van der Waals surface area contributed by atoms with Gasteiger partial charge in [-0.25, -0.2) is 4.98 Å². The molecule has 0 aliphatic carbocycles. The van der Waals surface area contributed by atoms with E-state index in [0.717, 1.165) is 34.9 Å². The highest BCUT2D eigenvalue weighted by molar-refractivity contribution is 7.09. The van der Waals surface area contributed by atoms with E-state index in [-0.39, 0.29) is 6.61 Å². The molecular weight excluding hydrogens is 246 g/mol. The highest BCUT2D eigenvalue weighted by Crippen LogP contribution is 2.19. The molecule has 1 aromatic carbocycles. The van der Waals surface area contributed by atoms with E-state index in [1.54, 1.807) is 11.3 Å². The molecule has 0 aliphatic heterocycles. The topological polar surface area (TPSA) is 42.4 Å². The zero-order valence-corrected chi connectivity index (χ0v) is 11.2. The Morgan fingerprint density at radius 2 is 2.17 bits per heavy atom. The summed E-state index contributed by atoms with van der Waals surface area (Å²) < 4.78 is 5.74. The molecule has 0 aliphatic rings. The van der Waals surface area contributed by atoms with Gasteiger partial charge in [-0.3, -0.25) is 0 Å². The maximum atomic E-state index is 8.77. The number of aromatic nitrogens is 1. The summed E-state index contributed by atoms with van der Waals surface area (Å²) in [6.45, 7) is 2.76. The zero-order chi connectivity index (χ0) is 12.8. The van der Waals surface area contributed by atoms with Crippen LogP contribution in [0.5, 0.6) is 5.75 Å². The first-order chi connectivity index (χ1) is 8.79. The molecule has 0 radical (unpaired) electrons. The monoisotopic (exact) mass is 263 g/mol. The largest absolute Gasteiger partial charge is 0.486 e. The van der Waals surface area contributed by atoms with E-state index in [0.29, 0.717) is 6.61 Å². The Labute approximate surface area is 111 Å². The molecule has 0 saturated carbocycles. The lowest BCUT2D eigenvalue weighted by molar-refractivity contribution is 0.287. The Bertz CT molecular complexity index is 496. The molecule has 0 unspecified atom stereocenters. The fraction of sp³-hybridized carbons (Fsp3) is 0.357. The molecule has 96 valence electrons. The summed E-state index contributed by atoms with van der Waals surface area (Å²) in [5, 5.41) is 11.8. The van der Waals surface area contributed by atoms with Crippen LogP contribution in [0, 0.1) is 6.92 Å². The van der Waals surface area contributed by atoms with Gasteiger partial charge in [0.05, 0.1) is 5.69 Å². The van der Waals surface area contributed by atoms with Gasteiger partial charge in [0.2, 0.25) is 0 Å². The number of benzene rings is 1. The quantitative estimate of drug-likeness (QED) is 0.871. The summed E-state index contributed by atoms with van der Waals surface area (Å²) in [7, 11) is 0. The van der Waals surface area contributed by atoms with Gasteiger partial charge in [0.1, 0.15) is 17.4 Å². The van der Waals surface area contributed by atoms with Crippen molar-refractivity contribution >= 4 is 11.3 Å². The second-order valence-corrected chi connectivity index (χ2v) is 5.06. The second kappa shape index (κ2) is 6.52. The molecule has 4 heteroatoms. The molecule has 2 rings (SSSR count). The van der Waals surface area contributed by atoms with Crippen molar-refractivity contribution in [3.8, 4) is 5.75 Å². The van der Waals surface area contributed by atoms with Gasteiger partial charge in [-0.15, -0.1) is 11.3 Å². The van der Waals surface area contributed by atoms with Crippen molar-refractivity contribution in [1.29, 1.82) is 0 Å². The van der Waals surface area contributed by atoms with E-state index in [2.05, 4.69) is 4.98 Å². The van der Waals surface area contributed by atoms with Crippen LogP contribution in [0.3, 0.4) is 0 Å². The van der Waals surface area contributed by atoms with Gasteiger partial charge in [-0.05, 0) is 31.4 Å². The minimum Gasteiger partial charge on any atom is -0.486 e. The fourth-order valence-electron chi connectivity index (χ4n) is 1.65. The van der Waals surface area contributed by atoms with Crippen molar-refractivity contribution in [2.45, 2.75) is 26.4 Å². The Balaban J connectivity index is 1.90. The molecule has 0 fully saturated rings. The molecule has 1 heterocycles. The smallest absolute Gasteiger partial charge is 0.140 e. The Morgan fingerprint density at radius 3 is 2.94 bits per heavy atom. The number of thiazole rings is 1. The maximum Gasteiger partial charge on any atom is 0.140 e. The minimum atomic E-state index is 0.215. The van der Waals surface area contributed by atoms with Gasteiger partial charge in [0.15, 0.2) is 0 Å². The van der Waals surface area contributed by atoms with Gasteiger partial charge in [-0.2, -0.15) is 0 Å². The number of aliphatic hydroxyl groups excluding tert-OH is 1. The molecule has 1 N–H and O–H groups in total. The maximum absolute atomic E-state index is 8.77. The molecule has 1 aromatic heterocycles. The van der Waals surface area contributed by atoms with Gasteiger partial charge < -0.3 is 9.84 Å². The van der Waals surface area contributed by atoms with E-state index < -0.39 is 0 Å². The van der Waals surface area contributed by atoms with Crippen LogP contribution in [-0.2, 0) is 13.0 Å². The van der Waals surface area contributed by atoms with E-state index in [1.807, 2.05) is 36.6 Å². The average Bonchev–Trinajstić information content (AvgIpc) is 2.83. The Morgan fingerprint density at radius 1 is 1.33 bits per heavy atom. The summed E-state index contributed by atoms with van der Waals surface area (Å²) >= 11 is 1.61. The van der Waals surface area contributed by atoms with Crippen molar-refractivity contribution in [3.05, 3.63) is 45.9 Å². The normalized spacial score (nSPS) is 10.6. The molecule has 0 atom stereocenters. The lowest BCUT2D eigenvalue weighted by atomic mass is 10.2. The van der Waals surface area contributed by atoms with Crippen molar-refractivity contribution < 1.29 is 9.84 Å². The number of hydrogen-bond donors (Lipinski definition) is 1. The fourth-order valence-corrected chi connectivity index (χ4v) is 2.39. The van der Waals surface area contributed by atoms with E-state index >= 15 is 0 Å². The van der Waals surface area contributed by atoms with Crippen molar-refractivity contribution in [1.82, 2.24) is 4.98 Å². The molecule has 18 heavy (non-hydrogen) atoms. The van der Waals surface area contributed by atoms with Crippen molar-refractivity contribution in [2.75, 3.05) is 6.61 Å². The molecular formula is C14H17NO2S. The third-order valence-electron chi connectivity index (χ3n) is 2.64. The van der Waals surface area contributed by atoms with Crippen molar-refractivity contribution in [3.63, 3.8) is 0 Å². The van der Waals surface area contributed by atoms with Crippen LogP contribution in [0.15, 0.2) is 29.6 Å². The predicted molar refractivity (Wildman–Crippen MR) is 73.0 cm³/mol. The molecule has 0 bridgehead atoms. The second-order valence-electron chi connectivity index (χ2n) is 4.11. The molecule has 3 nitrogen and oxygen atoms in total. The van der Waals surface area contributed by atoms with Gasteiger partial charge in [0, 0.05) is 12.0 Å². The number of aliphatic hydroxyl groups is 1. The van der Waals surface area contributed by atoms with Crippen LogP contribution in [0.1, 0.15) is 22.7 Å². The van der Waals surface area contributed by atoms with Gasteiger partial charge in [-0.1, -0.05) is 18.2 Å². The molecule has 0 amide bonds. The highest BCUT2D eigenvalue weighted by Gasteiger charge is 2.04. The number of nitrogens with zero attached hydrogens (tertiary/aromatic N) is 1. The summed E-state index contributed by atoms with van der Waals surface area (Å²) in [5.41, 5.74) is 2.17. The first kappa shape index (κ1) is 13.1. The summed E-state index contributed by atoms with van der Waals surface area (Å²) in [6, 6.07) is 7.97. The Hall–Kier alpha value is -1.39. The Kier molecular flexibility index (Phi) is 4.73. The minimum absolute atomic E-state index is 0.215. The molecule has 0 saturated heterocycles. The first-order valence-corrected chi connectivity index (χ1v) is 6.90. The van der Waals surface area contributed by atoms with E-state index in [4.69, 9.17) is 9.84 Å². The standard InChI is InChI=1S/C14H17NO2S/c1-11-5-2-3-7-13(11)17-9-14-15-12(10-18-14)6-4-8-16/h2-3,5,7,10,16H,4,6,8-9H2,1H3. The van der Waals surface area contributed by atoms with Crippen LogP contribution >= 0.6 is 11.3 Å². The third kappa shape index (κ3) is 3.55. The van der Waals surface area contributed by atoms with E-state index in [1.165, 1.54) is 0 Å². The van der Waals surface area contributed by atoms with Crippen LogP contribution in [0.25, 0.3) is 0 Å². The van der Waals surface area contributed by atoms with E-state index in [9.17, 15) is 0 Å². The average molecular weight is 263 g/mol. The van der Waals surface area contributed by atoms with Crippen molar-refractivity contribution in [2.24, 2.45) is 0 Å². The first-order valence-electron chi connectivity index (χ1n) is 6.02. The summed E-state index contributed by atoms with van der Waals surface area (Å²) in [5.74, 6) is 0.907. The molecule has 2 aromatic rings. The molecule has 0 spiro atoms. The third-order valence-corrected chi connectivity index (χ3v) is 3.51. The van der Waals surface area contributed by atoms with Crippen LogP contribution in [-0.4, -0.2) is 16.7 Å². The van der Waals surface area contributed by atoms with Gasteiger partial charge >= 0.3 is 0 Å².